The minimum absolute atomic E-state index is 0.439. The second-order valence-electron chi connectivity index (χ2n) is 4.98. The summed E-state index contributed by atoms with van der Waals surface area (Å²) in [7, 11) is 0. The minimum Gasteiger partial charge on any atom is -0.357 e. The van der Waals surface area contributed by atoms with Crippen molar-refractivity contribution < 1.29 is 0 Å². The van der Waals surface area contributed by atoms with Crippen molar-refractivity contribution in [3.8, 4) is 0 Å². The van der Waals surface area contributed by atoms with Crippen LogP contribution >= 0.6 is 0 Å². The van der Waals surface area contributed by atoms with Gasteiger partial charge in [0.2, 0.25) is 0 Å². The Balaban J connectivity index is 2.59. The van der Waals surface area contributed by atoms with E-state index in [0.717, 1.165) is 25.5 Å². The van der Waals surface area contributed by atoms with Gasteiger partial charge >= 0.3 is 0 Å². The molecule has 0 aromatic heterocycles. The lowest BCUT2D eigenvalue weighted by Gasteiger charge is -2.17. The number of guanidine groups is 1. The molecule has 0 aliphatic carbocycles. The predicted molar refractivity (Wildman–Crippen MR) is 83.7 cm³/mol. The molecular weight excluding hydrogens is 234 g/mol. The van der Waals surface area contributed by atoms with Gasteiger partial charge < -0.3 is 10.6 Å². The number of hydrogen-bond acceptors (Lipinski definition) is 1. The Bertz CT molecular complexity index is 373. The highest BCUT2D eigenvalue weighted by Crippen LogP contribution is 2.14. The fourth-order valence-electron chi connectivity index (χ4n) is 1.77. The third kappa shape index (κ3) is 5.77. The summed E-state index contributed by atoms with van der Waals surface area (Å²) in [5.74, 6) is 1.35. The van der Waals surface area contributed by atoms with E-state index in [1.807, 2.05) is 6.07 Å². The number of nitrogens with zero attached hydrogens (tertiary/aromatic N) is 1. The van der Waals surface area contributed by atoms with Gasteiger partial charge in [0.05, 0.1) is 0 Å². The van der Waals surface area contributed by atoms with E-state index in [-0.39, 0.29) is 0 Å². The molecule has 3 heteroatoms. The van der Waals surface area contributed by atoms with E-state index in [1.165, 1.54) is 5.56 Å². The van der Waals surface area contributed by atoms with Crippen molar-refractivity contribution in [2.45, 2.75) is 46.1 Å². The molecule has 2 unspecified atom stereocenters. The van der Waals surface area contributed by atoms with Crippen molar-refractivity contribution in [1.29, 1.82) is 0 Å². The Labute approximate surface area is 117 Å². The first-order valence-corrected chi connectivity index (χ1v) is 7.27. The average Bonchev–Trinajstić information content (AvgIpc) is 2.45. The zero-order chi connectivity index (χ0) is 14.1. The number of hydrogen-bond donors (Lipinski definition) is 2. The molecule has 0 amide bonds. The summed E-state index contributed by atoms with van der Waals surface area (Å²) < 4.78 is 0. The van der Waals surface area contributed by atoms with Crippen LogP contribution in [0.1, 0.15) is 45.6 Å². The summed E-state index contributed by atoms with van der Waals surface area (Å²) in [6.45, 7) is 10.3. The standard InChI is InChI=1S/C16H27N3/c1-5-14(4)19-16(17-6-2)18-12-13(3)15-10-8-7-9-11-15/h7-11,13-14H,5-6,12H2,1-4H3,(H2,17,18,19). The second kappa shape index (κ2) is 8.57. The third-order valence-electron chi connectivity index (χ3n) is 3.23. The molecule has 2 atom stereocenters. The van der Waals surface area contributed by atoms with Gasteiger partial charge in [0.15, 0.2) is 5.96 Å². The molecule has 1 aromatic carbocycles. The van der Waals surface area contributed by atoms with Gasteiger partial charge in [-0.15, -0.1) is 0 Å². The van der Waals surface area contributed by atoms with E-state index in [1.54, 1.807) is 0 Å². The summed E-state index contributed by atoms with van der Waals surface area (Å²) >= 11 is 0. The maximum atomic E-state index is 4.67. The van der Waals surface area contributed by atoms with Crippen LogP contribution in [0.4, 0.5) is 0 Å². The topological polar surface area (TPSA) is 36.4 Å². The molecule has 0 fully saturated rings. The maximum absolute atomic E-state index is 4.67. The summed E-state index contributed by atoms with van der Waals surface area (Å²) in [5, 5.41) is 6.71. The lowest BCUT2D eigenvalue weighted by molar-refractivity contribution is 0.622. The summed E-state index contributed by atoms with van der Waals surface area (Å²) in [6.07, 6.45) is 1.10. The van der Waals surface area contributed by atoms with Crippen molar-refractivity contribution >= 4 is 5.96 Å². The van der Waals surface area contributed by atoms with Crippen LogP contribution in [0.3, 0.4) is 0 Å². The van der Waals surface area contributed by atoms with Crippen LogP contribution in [-0.2, 0) is 0 Å². The fraction of sp³-hybridized carbons (Fsp3) is 0.562. The van der Waals surface area contributed by atoms with Crippen molar-refractivity contribution in [3.05, 3.63) is 35.9 Å². The fourth-order valence-corrected chi connectivity index (χ4v) is 1.77. The first-order chi connectivity index (χ1) is 9.17. The number of aliphatic imine (C=N–C) groups is 1. The van der Waals surface area contributed by atoms with Gasteiger partial charge in [-0.2, -0.15) is 0 Å². The zero-order valence-corrected chi connectivity index (χ0v) is 12.6. The van der Waals surface area contributed by atoms with E-state index < -0.39 is 0 Å². The monoisotopic (exact) mass is 261 g/mol. The van der Waals surface area contributed by atoms with Crippen LogP contribution in [0.15, 0.2) is 35.3 Å². The maximum Gasteiger partial charge on any atom is 0.191 e. The van der Waals surface area contributed by atoms with E-state index in [9.17, 15) is 0 Å². The Kier molecular flexibility index (Phi) is 7.01. The number of rotatable bonds is 6. The second-order valence-corrected chi connectivity index (χ2v) is 4.98. The molecule has 3 nitrogen and oxygen atoms in total. The third-order valence-corrected chi connectivity index (χ3v) is 3.23. The minimum atomic E-state index is 0.439. The molecule has 1 aromatic rings. The molecule has 0 bridgehead atoms. The van der Waals surface area contributed by atoms with Gasteiger partial charge in [0.25, 0.3) is 0 Å². The first-order valence-electron chi connectivity index (χ1n) is 7.27. The highest BCUT2D eigenvalue weighted by molar-refractivity contribution is 5.80. The molecule has 0 saturated heterocycles. The Morgan fingerprint density at radius 2 is 1.84 bits per heavy atom. The molecule has 0 spiro atoms. The first kappa shape index (κ1) is 15.5. The largest absolute Gasteiger partial charge is 0.357 e. The van der Waals surface area contributed by atoms with Gasteiger partial charge in [-0.1, -0.05) is 44.2 Å². The molecule has 1 rings (SSSR count). The van der Waals surface area contributed by atoms with E-state index in [4.69, 9.17) is 0 Å². The van der Waals surface area contributed by atoms with E-state index >= 15 is 0 Å². The molecule has 0 saturated carbocycles. The van der Waals surface area contributed by atoms with Gasteiger partial charge in [-0.25, -0.2) is 0 Å². The van der Waals surface area contributed by atoms with E-state index in [2.05, 4.69) is 67.6 Å². The van der Waals surface area contributed by atoms with Gasteiger partial charge in [-0.3, -0.25) is 4.99 Å². The van der Waals surface area contributed by atoms with Gasteiger partial charge in [0, 0.05) is 25.0 Å². The molecule has 0 aliphatic rings. The lowest BCUT2D eigenvalue weighted by Crippen LogP contribution is -2.42. The van der Waals surface area contributed by atoms with Crippen LogP contribution < -0.4 is 10.6 Å². The molecule has 0 heterocycles. The normalized spacial score (nSPS) is 14.8. The van der Waals surface area contributed by atoms with Crippen LogP contribution in [0.2, 0.25) is 0 Å². The SMILES string of the molecule is CCNC(=NCC(C)c1ccccc1)NC(C)CC. The van der Waals surface area contributed by atoms with Gasteiger partial charge in [-0.05, 0) is 25.8 Å². The van der Waals surface area contributed by atoms with Crippen LogP contribution in [0.5, 0.6) is 0 Å². The Morgan fingerprint density at radius 3 is 2.42 bits per heavy atom. The Morgan fingerprint density at radius 1 is 1.16 bits per heavy atom. The lowest BCUT2D eigenvalue weighted by atomic mass is 10.0. The molecular formula is C16H27N3. The van der Waals surface area contributed by atoms with E-state index in [0.29, 0.717) is 12.0 Å². The Hall–Kier alpha value is -1.51. The molecule has 2 N–H and O–H groups in total. The zero-order valence-electron chi connectivity index (χ0n) is 12.6. The number of nitrogens with one attached hydrogen (secondary N) is 2. The quantitative estimate of drug-likeness (QED) is 0.609. The van der Waals surface area contributed by atoms with Crippen molar-refractivity contribution in [2.75, 3.05) is 13.1 Å². The van der Waals surface area contributed by atoms with Crippen LogP contribution in [0.25, 0.3) is 0 Å². The van der Waals surface area contributed by atoms with Crippen LogP contribution in [0, 0.1) is 0 Å². The van der Waals surface area contributed by atoms with Crippen LogP contribution in [-0.4, -0.2) is 25.1 Å². The summed E-state index contributed by atoms with van der Waals surface area (Å²) in [5.41, 5.74) is 1.34. The smallest absolute Gasteiger partial charge is 0.191 e. The average molecular weight is 261 g/mol. The number of benzene rings is 1. The highest BCUT2D eigenvalue weighted by atomic mass is 15.2. The summed E-state index contributed by atoms with van der Waals surface area (Å²) in [4.78, 5) is 4.67. The van der Waals surface area contributed by atoms with Crippen molar-refractivity contribution in [2.24, 2.45) is 4.99 Å². The highest BCUT2D eigenvalue weighted by Gasteiger charge is 2.06. The molecule has 106 valence electrons. The van der Waals surface area contributed by atoms with Crippen molar-refractivity contribution in [1.82, 2.24) is 10.6 Å². The molecule has 0 aliphatic heterocycles. The molecule has 19 heavy (non-hydrogen) atoms. The molecule has 0 radical (unpaired) electrons. The van der Waals surface area contributed by atoms with Gasteiger partial charge in [0.1, 0.15) is 0 Å². The summed E-state index contributed by atoms with van der Waals surface area (Å²) in [6, 6.07) is 11.0. The van der Waals surface area contributed by atoms with Crippen molar-refractivity contribution in [3.63, 3.8) is 0 Å². The predicted octanol–water partition coefficient (Wildman–Crippen LogP) is 3.14.